The van der Waals surface area contributed by atoms with Crippen LogP contribution in [0.25, 0.3) is 0 Å². The van der Waals surface area contributed by atoms with E-state index >= 15 is 0 Å². The molecule has 0 atom stereocenters. The lowest BCUT2D eigenvalue weighted by Crippen LogP contribution is -2.07. The van der Waals surface area contributed by atoms with E-state index in [-0.39, 0.29) is 12.4 Å². The Morgan fingerprint density at radius 3 is 2.79 bits per heavy atom. The molecule has 72 valence electrons. The van der Waals surface area contributed by atoms with Crippen molar-refractivity contribution in [1.82, 2.24) is 4.98 Å². The van der Waals surface area contributed by atoms with E-state index in [0.29, 0.717) is 0 Å². The molecule has 0 bridgehead atoms. The number of halogens is 1. The molecule has 0 aromatic carbocycles. The minimum absolute atomic E-state index is 0. The number of aliphatic imine (C=N–C) groups is 1. The summed E-state index contributed by atoms with van der Waals surface area (Å²) in [6, 6.07) is 5.80. The quantitative estimate of drug-likeness (QED) is 0.694. The van der Waals surface area contributed by atoms with Gasteiger partial charge in [0.25, 0.3) is 0 Å². The molecule has 0 amide bonds. The van der Waals surface area contributed by atoms with Gasteiger partial charge in [0.2, 0.25) is 0 Å². The van der Waals surface area contributed by atoms with Crippen molar-refractivity contribution in [3.8, 4) is 0 Å². The van der Waals surface area contributed by atoms with Crippen LogP contribution < -0.4 is 0 Å². The first kappa shape index (κ1) is 10.7. The standard InChI is InChI=1S/C11H10N2.ClH/c1-9-5-4-8-13-11(9)10-6-2-3-7-12-10;/h2-4,6-8H,1,5H2;1H. The Morgan fingerprint density at radius 2 is 2.14 bits per heavy atom. The molecule has 0 aliphatic carbocycles. The lowest BCUT2D eigenvalue weighted by molar-refractivity contribution is 1.21. The zero-order valence-electron chi connectivity index (χ0n) is 7.68. The molecule has 2 heterocycles. The zero-order chi connectivity index (χ0) is 9.10. The predicted octanol–water partition coefficient (Wildman–Crippen LogP) is 2.77. The van der Waals surface area contributed by atoms with Crippen LogP contribution in [0.5, 0.6) is 0 Å². The average molecular weight is 207 g/mol. The molecule has 0 saturated carbocycles. The Bertz CT molecular complexity index is 380. The van der Waals surface area contributed by atoms with Crippen molar-refractivity contribution in [3.63, 3.8) is 0 Å². The van der Waals surface area contributed by atoms with Crippen LogP contribution in [0.3, 0.4) is 0 Å². The Hall–Kier alpha value is -1.41. The number of nitrogens with zero attached hydrogens (tertiary/aromatic N) is 2. The van der Waals surface area contributed by atoms with Crippen LogP contribution in [0, 0.1) is 0 Å². The van der Waals surface area contributed by atoms with Crippen molar-refractivity contribution in [2.24, 2.45) is 4.99 Å². The second kappa shape index (κ2) is 4.72. The highest BCUT2D eigenvalue weighted by atomic mass is 35.5. The molecule has 1 aliphatic heterocycles. The summed E-state index contributed by atoms with van der Waals surface area (Å²) in [6.07, 6.45) is 6.44. The average Bonchev–Trinajstić information content (AvgIpc) is 2.20. The topological polar surface area (TPSA) is 25.2 Å². The number of hydrogen-bond donors (Lipinski definition) is 0. The van der Waals surface area contributed by atoms with Crippen LogP contribution in [0.4, 0.5) is 0 Å². The van der Waals surface area contributed by atoms with Gasteiger partial charge >= 0.3 is 0 Å². The van der Waals surface area contributed by atoms with Gasteiger partial charge in [-0.15, -0.1) is 12.4 Å². The second-order valence-electron chi connectivity index (χ2n) is 2.89. The van der Waals surface area contributed by atoms with Gasteiger partial charge < -0.3 is 0 Å². The van der Waals surface area contributed by atoms with Crippen molar-refractivity contribution < 1.29 is 0 Å². The van der Waals surface area contributed by atoms with E-state index in [4.69, 9.17) is 0 Å². The molecular formula is C11H11ClN2. The summed E-state index contributed by atoms with van der Waals surface area (Å²) in [7, 11) is 0. The molecule has 0 spiro atoms. The smallest absolute Gasteiger partial charge is 0.0915 e. The predicted molar refractivity (Wildman–Crippen MR) is 60.9 cm³/mol. The lowest BCUT2D eigenvalue weighted by atomic mass is 10.0. The maximum atomic E-state index is 4.25. The normalized spacial score (nSPS) is 14.6. The fraction of sp³-hybridized carbons (Fsp3) is 0.0909. The van der Waals surface area contributed by atoms with Crippen LogP contribution in [0.2, 0.25) is 0 Å². The Kier molecular flexibility index (Phi) is 3.60. The van der Waals surface area contributed by atoms with E-state index in [1.165, 1.54) is 0 Å². The first-order valence-corrected chi connectivity index (χ1v) is 4.20. The highest BCUT2D eigenvalue weighted by molar-refractivity contribution is 6.11. The summed E-state index contributed by atoms with van der Waals surface area (Å²) in [4.78, 5) is 8.48. The third-order valence-corrected chi connectivity index (χ3v) is 1.92. The minimum atomic E-state index is 0. The summed E-state index contributed by atoms with van der Waals surface area (Å²) in [5.41, 5.74) is 2.83. The van der Waals surface area contributed by atoms with Gasteiger partial charge in [-0.2, -0.15) is 0 Å². The van der Waals surface area contributed by atoms with E-state index < -0.39 is 0 Å². The van der Waals surface area contributed by atoms with Gasteiger partial charge in [0.05, 0.1) is 11.4 Å². The van der Waals surface area contributed by atoms with Crippen molar-refractivity contribution in [1.29, 1.82) is 0 Å². The maximum absolute atomic E-state index is 4.25. The van der Waals surface area contributed by atoms with Crippen LogP contribution in [-0.2, 0) is 0 Å². The van der Waals surface area contributed by atoms with Crippen molar-refractivity contribution in [2.45, 2.75) is 6.42 Å². The van der Waals surface area contributed by atoms with Crippen molar-refractivity contribution in [2.75, 3.05) is 0 Å². The molecule has 0 N–H and O–H groups in total. The summed E-state index contributed by atoms with van der Waals surface area (Å²) in [5, 5.41) is 0. The van der Waals surface area contributed by atoms with Gasteiger partial charge in [-0.1, -0.05) is 18.7 Å². The first-order chi connectivity index (χ1) is 6.38. The van der Waals surface area contributed by atoms with E-state index in [1.54, 1.807) is 12.4 Å². The molecular weight excluding hydrogens is 196 g/mol. The summed E-state index contributed by atoms with van der Waals surface area (Å²) < 4.78 is 0. The third kappa shape index (κ3) is 2.09. The van der Waals surface area contributed by atoms with E-state index in [0.717, 1.165) is 23.4 Å². The highest BCUT2D eigenvalue weighted by Crippen LogP contribution is 2.13. The molecule has 0 unspecified atom stereocenters. The van der Waals surface area contributed by atoms with Crippen LogP contribution in [-0.4, -0.2) is 10.7 Å². The Balaban J connectivity index is 0.000000980. The SMILES string of the molecule is C=C1CC=CN=C1c1ccccn1.Cl. The van der Waals surface area contributed by atoms with Gasteiger partial charge in [0, 0.05) is 12.4 Å². The third-order valence-electron chi connectivity index (χ3n) is 1.92. The van der Waals surface area contributed by atoms with Crippen LogP contribution >= 0.6 is 12.4 Å². The number of pyridine rings is 1. The molecule has 3 heteroatoms. The summed E-state index contributed by atoms with van der Waals surface area (Å²) in [5.74, 6) is 0. The molecule has 0 radical (unpaired) electrons. The molecule has 0 saturated heterocycles. The monoisotopic (exact) mass is 206 g/mol. The fourth-order valence-electron chi connectivity index (χ4n) is 1.26. The molecule has 1 aromatic rings. The Labute approximate surface area is 89.5 Å². The number of aromatic nitrogens is 1. The molecule has 2 rings (SSSR count). The number of rotatable bonds is 1. The number of hydrogen-bond acceptors (Lipinski definition) is 2. The van der Waals surface area contributed by atoms with Crippen molar-refractivity contribution >= 4 is 18.1 Å². The van der Waals surface area contributed by atoms with Crippen LogP contribution in [0.1, 0.15) is 12.1 Å². The zero-order valence-corrected chi connectivity index (χ0v) is 8.50. The van der Waals surface area contributed by atoms with E-state index in [9.17, 15) is 0 Å². The molecule has 1 aliphatic rings. The summed E-state index contributed by atoms with van der Waals surface area (Å²) in [6.45, 7) is 3.95. The Morgan fingerprint density at radius 1 is 1.29 bits per heavy atom. The number of allylic oxidation sites excluding steroid dienone is 2. The minimum Gasteiger partial charge on any atom is -0.255 e. The maximum Gasteiger partial charge on any atom is 0.0915 e. The van der Waals surface area contributed by atoms with Crippen molar-refractivity contribution in [3.05, 3.63) is 54.5 Å². The van der Waals surface area contributed by atoms with Gasteiger partial charge in [-0.05, 0) is 24.1 Å². The second-order valence-corrected chi connectivity index (χ2v) is 2.89. The van der Waals surface area contributed by atoms with E-state index in [2.05, 4.69) is 16.6 Å². The summed E-state index contributed by atoms with van der Waals surface area (Å²) >= 11 is 0. The lowest BCUT2D eigenvalue weighted by Gasteiger charge is -2.09. The molecule has 0 fully saturated rings. The van der Waals surface area contributed by atoms with Crippen LogP contribution in [0.15, 0.2) is 53.8 Å². The van der Waals surface area contributed by atoms with Gasteiger partial charge in [-0.3, -0.25) is 9.98 Å². The van der Waals surface area contributed by atoms with Gasteiger partial charge in [0.15, 0.2) is 0 Å². The first-order valence-electron chi connectivity index (χ1n) is 4.20. The van der Waals surface area contributed by atoms with Gasteiger partial charge in [-0.25, -0.2) is 0 Å². The molecule has 2 nitrogen and oxygen atoms in total. The highest BCUT2D eigenvalue weighted by Gasteiger charge is 2.09. The molecule has 14 heavy (non-hydrogen) atoms. The fourth-order valence-corrected chi connectivity index (χ4v) is 1.26. The largest absolute Gasteiger partial charge is 0.255 e. The molecule has 1 aromatic heterocycles. The van der Waals surface area contributed by atoms with E-state index in [1.807, 2.05) is 24.3 Å². The van der Waals surface area contributed by atoms with Gasteiger partial charge in [0.1, 0.15) is 0 Å².